The highest BCUT2D eigenvalue weighted by atomic mass is 15.0. The Morgan fingerprint density at radius 1 is 1.15 bits per heavy atom. The van der Waals surface area contributed by atoms with E-state index in [1.54, 1.807) is 0 Å². The van der Waals surface area contributed by atoms with Crippen LogP contribution in [0.2, 0.25) is 0 Å². The third-order valence-electron chi connectivity index (χ3n) is 6.63. The minimum Gasteiger partial charge on any atom is -0.329 e. The van der Waals surface area contributed by atoms with E-state index < -0.39 is 0 Å². The molecule has 20 heavy (non-hydrogen) atoms. The molecule has 0 amide bonds. The summed E-state index contributed by atoms with van der Waals surface area (Å²) >= 11 is 0. The van der Waals surface area contributed by atoms with E-state index in [1.165, 1.54) is 64.3 Å². The van der Waals surface area contributed by atoms with Crippen molar-refractivity contribution in [1.29, 1.82) is 0 Å². The largest absolute Gasteiger partial charge is 0.329 e. The minimum atomic E-state index is 0.254. The third kappa shape index (κ3) is 3.76. The maximum Gasteiger partial charge on any atom is 0.0304 e. The first-order valence-electron chi connectivity index (χ1n) is 8.96. The van der Waals surface area contributed by atoms with Gasteiger partial charge in [0.05, 0.1) is 0 Å². The quantitative estimate of drug-likeness (QED) is 0.737. The van der Waals surface area contributed by atoms with Gasteiger partial charge in [0.25, 0.3) is 0 Å². The molecule has 2 rings (SSSR count). The molecule has 0 bridgehead atoms. The molecule has 2 heteroatoms. The number of nitrogens with one attached hydrogen (secondary N) is 1. The number of hydrogen-bond donors (Lipinski definition) is 2. The molecule has 2 saturated carbocycles. The van der Waals surface area contributed by atoms with Crippen LogP contribution in [0.3, 0.4) is 0 Å². The number of nitrogens with two attached hydrogens (primary N) is 1. The fourth-order valence-electron chi connectivity index (χ4n) is 4.02. The van der Waals surface area contributed by atoms with Crippen molar-refractivity contribution in [3.63, 3.8) is 0 Å². The van der Waals surface area contributed by atoms with E-state index in [4.69, 9.17) is 5.73 Å². The summed E-state index contributed by atoms with van der Waals surface area (Å²) in [5, 5.41) is 3.85. The predicted molar refractivity (Wildman–Crippen MR) is 87.8 cm³/mol. The average Bonchev–Trinajstić information content (AvgIpc) is 2.42. The lowest BCUT2D eigenvalue weighted by atomic mass is 9.65. The van der Waals surface area contributed by atoms with Crippen molar-refractivity contribution in [3.05, 3.63) is 0 Å². The SMILES string of the molecule is CCC(C)(C)C1CCC(CN)(NCCC2CCC2)CC1. The van der Waals surface area contributed by atoms with E-state index >= 15 is 0 Å². The zero-order valence-corrected chi connectivity index (χ0v) is 14.0. The van der Waals surface area contributed by atoms with Crippen molar-refractivity contribution in [2.24, 2.45) is 23.0 Å². The molecule has 0 radical (unpaired) electrons. The Hall–Kier alpha value is -0.0800. The second-order valence-electron chi connectivity index (χ2n) is 8.11. The van der Waals surface area contributed by atoms with Gasteiger partial charge in [-0.2, -0.15) is 0 Å². The molecular formula is C18H36N2. The maximum absolute atomic E-state index is 6.13. The first kappa shape index (κ1) is 16.3. The van der Waals surface area contributed by atoms with Crippen molar-refractivity contribution < 1.29 is 0 Å². The molecule has 0 aromatic heterocycles. The molecule has 0 unspecified atom stereocenters. The van der Waals surface area contributed by atoms with E-state index in [9.17, 15) is 0 Å². The van der Waals surface area contributed by atoms with Crippen LogP contribution in [0.5, 0.6) is 0 Å². The molecule has 118 valence electrons. The van der Waals surface area contributed by atoms with Gasteiger partial charge in [0, 0.05) is 12.1 Å². The zero-order valence-electron chi connectivity index (χ0n) is 14.0. The van der Waals surface area contributed by atoms with E-state index in [2.05, 4.69) is 26.1 Å². The second kappa shape index (κ2) is 6.79. The van der Waals surface area contributed by atoms with Crippen LogP contribution < -0.4 is 11.1 Å². The van der Waals surface area contributed by atoms with Crippen molar-refractivity contribution >= 4 is 0 Å². The Balaban J connectivity index is 1.77. The topological polar surface area (TPSA) is 38.0 Å². The van der Waals surface area contributed by atoms with Crippen molar-refractivity contribution in [1.82, 2.24) is 5.32 Å². The molecule has 0 aromatic carbocycles. The maximum atomic E-state index is 6.13. The summed E-state index contributed by atoms with van der Waals surface area (Å²) < 4.78 is 0. The molecule has 2 fully saturated rings. The summed E-state index contributed by atoms with van der Waals surface area (Å²) in [6, 6.07) is 0. The first-order chi connectivity index (χ1) is 9.51. The minimum absolute atomic E-state index is 0.254. The Labute approximate surface area is 126 Å². The predicted octanol–water partition coefficient (Wildman–Crippen LogP) is 4.09. The molecule has 3 N–H and O–H groups in total. The van der Waals surface area contributed by atoms with Crippen LogP contribution in [0, 0.1) is 17.3 Å². The Morgan fingerprint density at radius 2 is 1.80 bits per heavy atom. The molecule has 2 nitrogen and oxygen atoms in total. The van der Waals surface area contributed by atoms with E-state index in [0.717, 1.165) is 18.4 Å². The van der Waals surface area contributed by atoms with Gasteiger partial charge in [-0.3, -0.25) is 0 Å². The summed E-state index contributed by atoms with van der Waals surface area (Å²) in [4.78, 5) is 0. The van der Waals surface area contributed by atoms with Gasteiger partial charge in [0.2, 0.25) is 0 Å². The van der Waals surface area contributed by atoms with E-state index in [1.807, 2.05) is 0 Å². The van der Waals surface area contributed by atoms with Gasteiger partial charge in [-0.15, -0.1) is 0 Å². The number of rotatable bonds is 7. The van der Waals surface area contributed by atoms with Crippen molar-refractivity contribution in [2.75, 3.05) is 13.1 Å². The summed E-state index contributed by atoms with van der Waals surface area (Å²) in [6.45, 7) is 9.22. The van der Waals surface area contributed by atoms with Gasteiger partial charge >= 0.3 is 0 Å². The summed E-state index contributed by atoms with van der Waals surface area (Å²) in [7, 11) is 0. The molecule has 0 aromatic rings. The molecule has 2 aliphatic rings. The van der Waals surface area contributed by atoms with Crippen LogP contribution in [0.25, 0.3) is 0 Å². The monoisotopic (exact) mass is 280 g/mol. The van der Waals surface area contributed by atoms with E-state index in [-0.39, 0.29) is 5.54 Å². The van der Waals surface area contributed by atoms with E-state index in [0.29, 0.717) is 5.41 Å². The van der Waals surface area contributed by atoms with Crippen LogP contribution in [0.1, 0.15) is 78.6 Å². The highest BCUT2D eigenvalue weighted by Crippen LogP contribution is 2.43. The second-order valence-corrected chi connectivity index (χ2v) is 8.11. The van der Waals surface area contributed by atoms with Crippen LogP contribution in [0.4, 0.5) is 0 Å². The van der Waals surface area contributed by atoms with Crippen LogP contribution in [0.15, 0.2) is 0 Å². The van der Waals surface area contributed by atoms with Gasteiger partial charge in [-0.25, -0.2) is 0 Å². The molecule has 0 heterocycles. The molecule has 0 saturated heterocycles. The molecule has 0 atom stereocenters. The van der Waals surface area contributed by atoms with Gasteiger partial charge < -0.3 is 11.1 Å². The fourth-order valence-corrected chi connectivity index (χ4v) is 4.02. The first-order valence-corrected chi connectivity index (χ1v) is 8.96. The van der Waals surface area contributed by atoms with Crippen LogP contribution in [-0.2, 0) is 0 Å². The zero-order chi connectivity index (χ0) is 14.6. The highest BCUT2D eigenvalue weighted by molar-refractivity contribution is 4.96. The van der Waals surface area contributed by atoms with Gasteiger partial charge in [-0.1, -0.05) is 46.5 Å². The lowest BCUT2D eigenvalue weighted by molar-refractivity contribution is 0.100. The van der Waals surface area contributed by atoms with Gasteiger partial charge in [0.15, 0.2) is 0 Å². The van der Waals surface area contributed by atoms with Crippen LogP contribution >= 0.6 is 0 Å². The third-order valence-corrected chi connectivity index (χ3v) is 6.63. The molecular weight excluding hydrogens is 244 g/mol. The van der Waals surface area contributed by atoms with Gasteiger partial charge in [0.1, 0.15) is 0 Å². The Morgan fingerprint density at radius 3 is 2.25 bits per heavy atom. The Bertz CT molecular complexity index is 286. The molecule has 2 aliphatic carbocycles. The lowest BCUT2D eigenvalue weighted by Gasteiger charge is -2.45. The molecule has 0 aliphatic heterocycles. The van der Waals surface area contributed by atoms with Crippen molar-refractivity contribution in [2.45, 2.75) is 84.1 Å². The average molecular weight is 280 g/mol. The Kier molecular flexibility index (Phi) is 5.53. The summed E-state index contributed by atoms with van der Waals surface area (Å²) in [5.74, 6) is 1.90. The lowest BCUT2D eigenvalue weighted by Crippen LogP contribution is -2.54. The van der Waals surface area contributed by atoms with Crippen molar-refractivity contribution in [3.8, 4) is 0 Å². The number of hydrogen-bond acceptors (Lipinski definition) is 2. The molecule has 0 spiro atoms. The van der Waals surface area contributed by atoms with Crippen LogP contribution in [-0.4, -0.2) is 18.6 Å². The van der Waals surface area contributed by atoms with Gasteiger partial charge in [-0.05, 0) is 55.9 Å². The standard InChI is InChI=1S/C18H36N2/c1-4-17(2,3)16-8-11-18(14-19,12-9-16)20-13-10-15-6-5-7-15/h15-16,20H,4-14,19H2,1-3H3. The smallest absolute Gasteiger partial charge is 0.0304 e. The summed E-state index contributed by atoms with van der Waals surface area (Å²) in [5.41, 5.74) is 6.89. The fraction of sp³-hybridized carbons (Fsp3) is 1.00. The summed E-state index contributed by atoms with van der Waals surface area (Å²) in [6.07, 6.45) is 12.3. The highest BCUT2D eigenvalue weighted by Gasteiger charge is 2.38. The normalized spacial score (nSPS) is 32.1.